The molecule has 0 unspecified atom stereocenters. The number of aliphatic carboxylic acids is 1. The van der Waals surface area contributed by atoms with Gasteiger partial charge in [-0.25, -0.2) is 19.6 Å². The lowest BCUT2D eigenvalue weighted by molar-refractivity contribution is -0.137. The summed E-state index contributed by atoms with van der Waals surface area (Å²) in [6.45, 7) is 1.21. The molecule has 0 saturated heterocycles. The summed E-state index contributed by atoms with van der Waals surface area (Å²) in [5.41, 5.74) is 3.48. The summed E-state index contributed by atoms with van der Waals surface area (Å²) in [6, 6.07) is 12.5. The lowest BCUT2D eigenvalue weighted by atomic mass is 10.1. The second kappa shape index (κ2) is 12.8. The first-order valence-corrected chi connectivity index (χ1v) is 11.6. The maximum Gasteiger partial charge on any atom is 0.412 e. The molecule has 1 heterocycles. The fourth-order valence-corrected chi connectivity index (χ4v) is 3.81. The number of nitrogens with one attached hydrogen (secondary N) is 2. The minimum atomic E-state index is -0.977. The molecule has 0 aliphatic carbocycles. The highest BCUT2D eigenvalue weighted by atomic mass is 35.5. The number of hydrogen-bond donors (Lipinski definition) is 3. The Kier molecular flexibility index (Phi) is 9.54. The highest BCUT2D eigenvalue weighted by Gasteiger charge is 2.23. The average Bonchev–Trinajstić information content (AvgIpc) is 2.82. The van der Waals surface area contributed by atoms with Crippen molar-refractivity contribution in [3.8, 4) is 0 Å². The largest absolute Gasteiger partial charge is 0.481 e. The topological polar surface area (TPSA) is 121 Å². The predicted octanol–water partition coefficient (Wildman–Crippen LogP) is 4.75. The molecule has 3 rings (SSSR count). The van der Waals surface area contributed by atoms with E-state index in [1.807, 2.05) is 24.3 Å². The summed E-state index contributed by atoms with van der Waals surface area (Å²) in [4.78, 5) is 40.0. The number of hydrogen-bond acceptors (Lipinski definition) is 6. The Morgan fingerprint density at radius 1 is 1.17 bits per heavy atom. The number of benzene rings is 2. The zero-order valence-corrected chi connectivity index (χ0v) is 20.3. The van der Waals surface area contributed by atoms with Crippen LogP contribution in [0.15, 0.2) is 54.7 Å². The summed E-state index contributed by atoms with van der Waals surface area (Å²) in [5.74, 6) is -1.54. The van der Waals surface area contributed by atoms with Gasteiger partial charge in [0.05, 0.1) is 6.04 Å². The lowest BCUT2D eigenvalue weighted by Crippen LogP contribution is -2.50. The van der Waals surface area contributed by atoms with Gasteiger partial charge in [0.2, 0.25) is 5.91 Å². The number of carboxylic acids is 1. The molecule has 0 bridgehead atoms. The van der Waals surface area contributed by atoms with Crippen molar-refractivity contribution >= 4 is 46.2 Å². The minimum Gasteiger partial charge on any atom is -0.481 e. The third-order valence-electron chi connectivity index (χ3n) is 5.36. The molecule has 0 aliphatic heterocycles. The number of rotatable bonds is 11. The summed E-state index contributed by atoms with van der Waals surface area (Å²) in [5, 5.41) is 14.8. The molecule has 0 aliphatic rings. The van der Waals surface area contributed by atoms with Crippen LogP contribution in [-0.2, 0) is 20.9 Å². The number of fused-ring (bicyclic) bond motifs is 1. The monoisotopic (exact) mass is 516 g/mol. The van der Waals surface area contributed by atoms with Crippen molar-refractivity contribution in [2.45, 2.75) is 38.8 Å². The zero-order valence-electron chi connectivity index (χ0n) is 19.5. The number of anilines is 1. The van der Waals surface area contributed by atoms with Crippen molar-refractivity contribution in [3.05, 3.63) is 71.1 Å². The molecule has 190 valence electrons. The van der Waals surface area contributed by atoms with E-state index in [4.69, 9.17) is 21.4 Å². The van der Waals surface area contributed by atoms with Gasteiger partial charge in [0.15, 0.2) is 0 Å². The van der Waals surface area contributed by atoms with E-state index in [0.717, 1.165) is 16.8 Å². The number of aromatic nitrogens is 1. The van der Waals surface area contributed by atoms with Crippen LogP contribution in [0.25, 0.3) is 10.8 Å². The predicted molar refractivity (Wildman–Crippen MR) is 133 cm³/mol. The molecule has 2 amide bonds. The Balaban J connectivity index is 1.66. The van der Waals surface area contributed by atoms with Crippen LogP contribution in [0.5, 0.6) is 0 Å². The van der Waals surface area contributed by atoms with Crippen LogP contribution in [0, 0.1) is 5.82 Å². The molecule has 0 fully saturated rings. The first-order chi connectivity index (χ1) is 17.2. The number of amides is 2. The summed E-state index contributed by atoms with van der Waals surface area (Å²) < 4.78 is 18.7. The maximum absolute atomic E-state index is 13.3. The smallest absolute Gasteiger partial charge is 0.412 e. The van der Waals surface area contributed by atoms with Gasteiger partial charge in [0.1, 0.15) is 18.2 Å². The average molecular weight is 517 g/mol. The van der Waals surface area contributed by atoms with Crippen LogP contribution in [0.2, 0.25) is 5.02 Å². The highest BCUT2D eigenvalue weighted by molar-refractivity contribution is 6.31. The van der Waals surface area contributed by atoms with Crippen molar-refractivity contribution < 1.29 is 28.6 Å². The molecular weight excluding hydrogens is 491 g/mol. The summed E-state index contributed by atoms with van der Waals surface area (Å²) in [6.07, 6.45) is 1.24. The van der Waals surface area contributed by atoms with Gasteiger partial charge in [-0.15, -0.1) is 0 Å². The highest BCUT2D eigenvalue weighted by Crippen LogP contribution is 2.19. The number of carboxylic acid groups (broad SMARTS) is 1. The van der Waals surface area contributed by atoms with Crippen molar-refractivity contribution in [2.24, 2.45) is 0 Å². The van der Waals surface area contributed by atoms with E-state index in [1.54, 1.807) is 12.3 Å². The summed E-state index contributed by atoms with van der Waals surface area (Å²) in [7, 11) is 0. The number of carbonyl (C=O) groups excluding carboxylic acids is 2. The van der Waals surface area contributed by atoms with E-state index in [1.165, 1.54) is 24.1 Å². The third-order valence-corrected chi connectivity index (χ3v) is 5.71. The Labute approximate surface area is 212 Å². The van der Waals surface area contributed by atoms with Gasteiger partial charge in [-0.3, -0.25) is 19.9 Å². The van der Waals surface area contributed by atoms with Crippen molar-refractivity contribution in [1.29, 1.82) is 0 Å². The van der Waals surface area contributed by atoms with E-state index in [9.17, 15) is 18.8 Å². The third kappa shape index (κ3) is 7.89. The molecule has 3 aromatic rings. The standard InChI is InChI=1S/C25H26ClFN4O5/c1-16(32)31(29-14-19-9-10-20(27)12-22(19)26)21(7-4-8-24(33)34)15-36-25(35)30-23-11-17-5-2-3-6-18(17)13-28-23/h2-3,5-6,9-13,21,29H,4,7-8,14-15H2,1H3,(H,33,34)(H,28,30,35)/t21-/m0/s1. The Morgan fingerprint density at radius 2 is 1.92 bits per heavy atom. The molecular formula is C25H26ClFN4O5. The minimum absolute atomic E-state index is 0.0985. The fraction of sp³-hybridized carbons (Fsp3) is 0.280. The van der Waals surface area contributed by atoms with Gasteiger partial charge in [0.25, 0.3) is 0 Å². The second-order valence-electron chi connectivity index (χ2n) is 8.04. The Hall–Kier alpha value is -3.76. The van der Waals surface area contributed by atoms with Crippen LogP contribution < -0.4 is 10.7 Å². The number of hydrazine groups is 1. The SMILES string of the molecule is CC(=O)N(NCc1ccc(F)cc1Cl)[C@@H](CCCC(=O)O)COC(=O)Nc1cc2ccccc2cn1. The van der Waals surface area contributed by atoms with Gasteiger partial charge in [-0.05, 0) is 42.0 Å². The molecule has 3 N–H and O–H groups in total. The molecule has 1 aromatic heterocycles. The van der Waals surface area contributed by atoms with Crippen LogP contribution in [0.4, 0.5) is 15.0 Å². The number of carbonyl (C=O) groups is 3. The van der Waals surface area contributed by atoms with Crippen LogP contribution in [-0.4, -0.2) is 45.7 Å². The molecule has 1 atom stereocenters. The molecule has 9 nitrogen and oxygen atoms in total. The molecule has 0 spiro atoms. The van der Waals surface area contributed by atoms with E-state index in [-0.39, 0.29) is 43.3 Å². The number of pyridine rings is 1. The second-order valence-corrected chi connectivity index (χ2v) is 8.45. The molecule has 0 radical (unpaired) electrons. The molecule has 36 heavy (non-hydrogen) atoms. The Bertz CT molecular complexity index is 1240. The fourth-order valence-electron chi connectivity index (χ4n) is 3.57. The van der Waals surface area contributed by atoms with Gasteiger partial charge >= 0.3 is 12.1 Å². The zero-order chi connectivity index (χ0) is 26.1. The van der Waals surface area contributed by atoms with E-state index in [2.05, 4.69) is 15.7 Å². The first-order valence-electron chi connectivity index (χ1n) is 11.2. The molecule has 0 saturated carbocycles. The van der Waals surface area contributed by atoms with Gasteiger partial charge < -0.3 is 9.84 Å². The number of halogens is 2. The van der Waals surface area contributed by atoms with Crippen molar-refractivity contribution in [1.82, 2.24) is 15.4 Å². The lowest BCUT2D eigenvalue weighted by Gasteiger charge is -2.31. The van der Waals surface area contributed by atoms with E-state index in [0.29, 0.717) is 11.4 Å². The van der Waals surface area contributed by atoms with Crippen LogP contribution >= 0.6 is 11.6 Å². The number of ether oxygens (including phenoxy) is 1. The maximum atomic E-state index is 13.3. The molecule has 2 aromatic carbocycles. The van der Waals surface area contributed by atoms with E-state index >= 15 is 0 Å². The number of nitrogens with zero attached hydrogens (tertiary/aromatic N) is 2. The first kappa shape index (κ1) is 26.8. The van der Waals surface area contributed by atoms with Gasteiger partial charge in [-0.1, -0.05) is 41.9 Å². The molecule has 11 heteroatoms. The van der Waals surface area contributed by atoms with Crippen LogP contribution in [0.3, 0.4) is 0 Å². The van der Waals surface area contributed by atoms with Gasteiger partial charge in [-0.2, -0.15) is 0 Å². The normalized spacial score (nSPS) is 11.6. The van der Waals surface area contributed by atoms with Gasteiger partial charge in [0, 0.05) is 36.5 Å². The summed E-state index contributed by atoms with van der Waals surface area (Å²) >= 11 is 6.07. The van der Waals surface area contributed by atoms with Crippen LogP contribution in [0.1, 0.15) is 31.7 Å². The Morgan fingerprint density at radius 3 is 2.61 bits per heavy atom. The van der Waals surface area contributed by atoms with Crippen molar-refractivity contribution in [3.63, 3.8) is 0 Å². The quantitative estimate of drug-likeness (QED) is 0.314. The van der Waals surface area contributed by atoms with E-state index < -0.39 is 23.9 Å². The van der Waals surface area contributed by atoms with Crippen molar-refractivity contribution in [2.75, 3.05) is 11.9 Å².